The molecule has 1 amide bonds. The molecule has 0 saturated carbocycles. The molecule has 0 radical (unpaired) electrons. The minimum atomic E-state index is 0.0480. The molecule has 1 rings (SSSR count). The average molecular weight is 255 g/mol. The molecule has 1 aliphatic heterocycles. The van der Waals surface area contributed by atoms with Crippen molar-refractivity contribution in [2.24, 2.45) is 5.92 Å². The van der Waals surface area contributed by atoms with Gasteiger partial charge in [-0.3, -0.25) is 4.79 Å². The highest BCUT2D eigenvalue weighted by molar-refractivity contribution is 5.84. The fraction of sp³-hybridized carbons (Fsp3) is 0.929. The topological polar surface area (TPSA) is 35.6 Å². The Morgan fingerprint density at radius 2 is 2.11 bits per heavy atom. The van der Waals surface area contributed by atoms with E-state index in [1.165, 1.54) is 0 Å². The van der Waals surface area contributed by atoms with Crippen molar-refractivity contribution in [1.82, 2.24) is 15.1 Å². The van der Waals surface area contributed by atoms with Gasteiger partial charge in [0.2, 0.25) is 5.91 Å². The Morgan fingerprint density at radius 1 is 1.44 bits per heavy atom. The van der Waals surface area contributed by atoms with Gasteiger partial charge in [-0.15, -0.1) is 0 Å². The molecule has 2 atom stereocenters. The Balaban J connectivity index is 2.65. The molecule has 0 aromatic carbocycles. The quantitative estimate of drug-likeness (QED) is 0.742. The number of nitrogens with zero attached hydrogens (tertiary/aromatic N) is 2. The van der Waals surface area contributed by atoms with E-state index in [0.717, 1.165) is 32.5 Å². The summed E-state index contributed by atoms with van der Waals surface area (Å²) in [5, 5.41) is 3.28. The lowest BCUT2D eigenvalue weighted by Crippen LogP contribution is -2.47. The van der Waals surface area contributed by atoms with Crippen molar-refractivity contribution in [2.45, 2.75) is 45.7 Å². The molecule has 0 aliphatic carbocycles. The molecule has 2 unspecified atom stereocenters. The number of carbonyl (C=O) groups is 1. The van der Waals surface area contributed by atoms with Crippen LogP contribution in [-0.4, -0.2) is 61.5 Å². The second-order valence-corrected chi connectivity index (χ2v) is 5.98. The van der Waals surface area contributed by atoms with E-state index in [4.69, 9.17) is 0 Å². The van der Waals surface area contributed by atoms with Gasteiger partial charge in [-0.05, 0) is 39.4 Å². The zero-order valence-corrected chi connectivity index (χ0v) is 12.6. The summed E-state index contributed by atoms with van der Waals surface area (Å²) < 4.78 is 0. The Kier molecular flexibility index (Phi) is 6.09. The van der Waals surface area contributed by atoms with Crippen LogP contribution in [-0.2, 0) is 4.79 Å². The summed E-state index contributed by atoms with van der Waals surface area (Å²) in [7, 11) is 4.16. The van der Waals surface area contributed by atoms with Crippen LogP contribution in [0, 0.1) is 5.92 Å². The van der Waals surface area contributed by atoms with Crippen LogP contribution in [0.3, 0.4) is 0 Å². The van der Waals surface area contributed by atoms with Gasteiger partial charge < -0.3 is 15.1 Å². The Hall–Kier alpha value is -0.610. The van der Waals surface area contributed by atoms with E-state index < -0.39 is 0 Å². The maximum absolute atomic E-state index is 12.3. The van der Waals surface area contributed by atoms with Crippen molar-refractivity contribution < 1.29 is 4.79 Å². The number of likely N-dealkylation sites (tertiary alicyclic amines) is 1. The van der Waals surface area contributed by atoms with Crippen molar-refractivity contribution in [3.05, 3.63) is 0 Å². The molecule has 0 aromatic heterocycles. The number of nitrogens with one attached hydrogen (secondary N) is 1. The van der Waals surface area contributed by atoms with Crippen molar-refractivity contribution in [3.8, 4) is 0 Å². The number of hydrogen-bond acceptors (Lipinski definition) is 3. The smallest absolute Gasteiger partial charge is 0.240 e. The minimum absolute atomic E-state index is 0.0480. The van der Waals surface area contributed by atoms with Gasteiger partial charge in [0.05, 0.1) is 6.04 Å². The SMILES string of the molecule is CCNC1CCN(C(CC(C)C)CN(C)C)C1=O. The summed E-state index contributed by atoms with van der Waals surface area (Å²) in [4.78, 5) is 16.6. The lowest BCUT2D eigenvalue weighted by atomic mass is 10.0. The third-order valence-corrected chi connectivity index (χ3v) is 3.45. The average Bonchev–Trinajstić information content (AvgIpc) is 2.59. The lowest BCUT2D eigenvalue weighted by Gasteiger charge is -2.31. The first-order chi connectivity index (χ1) is 8.45. The molecule has 0 aromatic rings. The molecule has 4 nitrogen and oxygen atoms in total. The molecule has 0 bridgehead atoms. The highest BCUT2D eigenvalue weighted by Crippen LogP contribution is 2.20. The van der Waals surface area contributed by atoms with Crippen LogP contribution in [0.15, 0.2) is 0 Å². The minimum Gasteiger partial charge on any atom is -0.337 e. The van der Waals surface area contributed by atoms with E-state index in [9.17, 15) is 4.79 Å². The molecule has 106 valence electrons. The van der Waals surface area contributed by atoms with Crippen LogP contribution in [0.1, 0.15) is 33.6 Å². The van der Waals surface area contributed by atoms with Crippen LogP contribution in [0.25, 0.3) is 0 Å². The van der Waals surface area contributed by atoms with Gasteiger partial charge in [-0.2, -0.15) is 0 Å². The first-order valence-electron chi connectivity index (χ1n) is 7.14. The van der Waals surface area contributed by atoms with E-state index in [-0.39, 0.29) is 6.04 Å². The fourth-order valence-corrected chi connectivity index (χ4v) is 2.77. The van der Waals surface area contributed by atoms with Crippen molar-refractivity contribution in [3.63, 3.8) is 0 Å². The van der Waals surface area contributed by atoms with Gasteiger partial charge in [-0.1, -0.05) is 20.8 Å². The maximum Gasteiger partial charge on any atom is 0.240 e. The summed E-state index contributed by atoms with van der Waals surface area (Å²) in [5.41, 5.74) is 0. The van der Waals surface area contributed by atoms with Crippen LogP contribution >= 0.6 is 0 Å². The predicted molar refractivity (Wildman–Crippen MR) is 75.6 cm³/mol. The monoisotopic (exact) mass is 255 g/mol. The zero-order valence-electron chi connectivity index (χ0n) is 12.6. The van der Waals surface area contributed by atoms with Gasteiger partial charge >= 0.3 is 0 Å². The van der Waals surface area contributed by atoms with Crippen LogP contribution in [0.2, 0.25) is 0 Å². The standard InChI is InChI=1S/C14H29N3O/c1-6-15-13-7-8-17(14(13)18)12(9-11(2)3)10-16(4)5/h11-13,15H,6-10H2,1-5H3. The molecule has 1 heterocycles. The van der Waals surface area contributed by atoms with E-state index in [0.29, 0.717) is 17.9 Å². The van der Waals surface area contributed by atoms with E-state index in [2.05, 4.69) is 50.0 Å². The van der Waals surface area contributed by atoms with E-state index >= 15 is 0 Å². The molecule has 4 heteroatoms. The third-order valence-electron chi connectivity index (χ3n) is 3.45. The Bertz CT molecular complexity index is 256. The molecule has 1 saturated heterocycles. The number of hydrogen-bond donors (Lipinski definition) is 1. The zero-order chi connectivity index (χ0) is 13.7. The maximum atomic E-state index is 12.3. The van der Waals surface area contributed by atoms with Crippen LogP contribution in [0.4, 0.5) is 0 Å². The Morgan fingerprint density at radius 3 is 2.61 bits per heavy atom. The van der Waals surface area contributed by atoms with Gasteiger partial charge in [0.25, 0.3) is 0 Å². The van der Waals surface area contributed by atoms with Gasteiger partial charge in [0.1, 0.15) is 0 Å². The number of amides is 1. The third kappa shape index (κ3) is 4.25. The number of carbonyl (C=O) groups excluding carboxylic acids is 1. The first kappa shape index (κ1) is 15.4. The lowest BCUT2D eigenvalue weighted by molar-refractivity contribution is -0.131. The highest BCUT2D eigenvalue weighted by Gasteiger charge is 2.35. The molecule has 1 N–H and O–H groups in total. The van der Waals surface area contributed by atoms with Gasteiger partial charge in [0.15, 0.2) is 0 Å². The second-order valence-electron chi connectivity index (χ2n) is 5.98. The summed E-state index contributed by atoms with van der Waals surface area (Å²) in [6, 6.07) is 0.406. The molecule has 1 fully saturated rings. The molecule has 18 heavy (non-hydrogen) atoms. The van der Waals surface area contributed by atoms with Crippen LogP contribution in [0.5, 0.6) is 0 Å². The van der Waals surface area contributed by atoms with Crippen molar-refractivity contribution in [2.75, 3.05) is 33.7 Å². The van der Waals surface area contributed by atoms with Crippen molar-refractivity contribution in [1.29, 1.82) is 0 Å². The Labute approximate surface area is 112 Å². The summed E-state index contributed by atoms with van der Waals surface area (Å²) in [6.07, 6.45) is 2.04. The predicted octanol–water partition coefficient (Wildman–Crippen LogP) is 1.17. The van der Waals surface area contributed by atoms with Gasteiger partial charge in [0, 0.05) is 19.1 Å². The fourth-order valence-electron chi connectivity index (χ4n) is 2.77. The summed E-state index contributed by atoms with van der Waals surface area (Å²) in [6.45, 7) is 9.24. The normalized spacial score (nSPS) is 22.3. The van der Waals surface area contributed by atoms with E-state index in [1.807, 2.05) is 0 Å². The largest absolute Gasteiger partial charge is 0.337 e. The van der Waals surface area contributed by atoms with Crippen LogP contribution < -0.4 is 5.32 Å². The van der Waals surface area contributed by atoms with Crippen molar-refractivity contribution >= 4 is 5.91 Å². The molecule has 0 spiro atoms. The summed E-state index contributed by atoms with van der Waals surface area (Å²) >= 11 is 0. The number of likely N-dealkylation sites (N-methyl/N-ethyl adjacent to an activating group) is 2. The summed E-state index contributed by atoms with van der Waals surface area (Å²) in [5.74, 6) is 0.922. The molecular formula is C14H29N3O. The van der Waals surface area contributed by atoms with E-state index in [1.54, 1.807) is 0 Å². The second kappa shape index (κ2) is 7.10. The van der Waals surface area contributed by atoms with Gasteiger partial charge in [-0.25, -0.2) is 0 Å². The molecule has 1 aliphatic rings. The number of rotatable bonds is 7. The molecular weight excluding hydrogens is 226 g/mol. The first-order valence-corrected chi connectivity index (χ1v) is 7.14. The highest BCUT2D eigenvalue weighted by atomic mass is 16.2.